The summed E-state index contributed by atoms with van der Waals surface area (Å²) in [6.07, 6.45) is 5.12. The molecule has 0 bridgehead atoms. The maximum absolute atomic E-state index is 12.4. The Balaban J connectivity index is 1.88. The minimum Gasteiger partial charge on any atom is -0.497 e. The van der Waals surface area contributed by atoms with E-state index in [2.05, 4.69) is 20.9 Å². The maximum Gasteiger partial charge on any atom is 0.315 e. The molecular formula is C23H26N4O5S. The molecule has 1 aromatic carbocycles. The van der Waals surface area contributed by atoms with Crippen LogP contribution >= 0.6 is 11.8 Å². The molecule has 174 valence electrons. The zero-order chi connectivity index (χ0) is 23.8. The smallest absolute Gasteiger partial charge is 0.315 e. The van der Waals surface area contributed by atoms with Gasteiger partial charge in [0, 0.05) is 31.3 Å². The lowest BCUT2D eigenvalue weighted by Crippen LogP contribution is -2.60. The molecule has 1 aliphatic rings. The van der Waals surface area contributed by atoms with Crippen LogP contribution in [0, 0.1) is 0 Å². The number of thioether (sulfide) groups is 1. The molecule has 0 unspecified atom stereocenters. The summed E-state index contributed by atoms with van der Waals surface area (Å²) in [5, 5.41) is 9.22. The van der Waals surface area contributed by atoms with Crippen molar-refractivity contribution < 1.29 is 23.9 Å². The fraction of sp³-hybridized carbons (Fsp3) is 0.304. The first-order valence-corrected chi connectivity index (χ1v) is 11.4. The van der Waals surface area contributed by atoms with Gasteiger partial charge in [-0.3, -0.25) is 4.79 Å². The van der Waals surface area contributed by atoms with E-state index in [1.54, 1.807) is 24.3 Å². The number of fused-ring (bicyclic) bond motifs is 1. The zero-order valence-corrected chi connectivity index (χ0v) is 19.5. The van der Waals surface area contributed by atoms with Crippen molar-refractivity contribution in [2.45, 2.75) is 17.1 Å². The van der Waals surface area contributed by atoms with Gasteiger partial charge in [-0.15, -0.1) is 11.8 Å². The third-order valence-corrected chi connectivity index (χ3v) is 5.95. The van der Waals surface area contributed by atoms with Crippen molar-refractivity contribution in [1.29, 1.82) is 0 Å². The lowest BCUT2D eigenvalue weighted by molar-refractivity contribution is -0.111. The van der Waals surface area contributed by atoms with E-state index in [-0.39, 0.29) is 13.2 Å². The van der Waals surface area contributed by atoms with Crippen LogP contribution < -0.4 is 25.4 Å². The lowest BCUT2D eigenvalue weighted by Gasteiger charge is -2.34. The molecular weight excluding hydrogens is 444 g/mol. The van der Waals surface area contributed by atoms with Crippen LogP contribution in [-0.4, -0.2) is 62.7 Å². The number of carbonyl (C=O) groups excluding carboxylic acids is 3. The summed E-state index contributed by atoms with van der Waals surface area (Å²) in [6.45, 7) is 0.476. The number of nitrogens with one attached hydrogen (secondary N) is 3. The lowest BCUT2D eigenvalue weighted by atomic mass is 9.89. The van der Waals surface area contributed by atoms with Gasteiger partial charge in [-0.25, -0.2) is 9.78 Å². The number of hydrogen-bond donors (Lipinski definition) is 3. The van der Waals surface area contributed by atoms with E-state index in [9.17, 15) is 14.4 Å². The third kappa shape index (κ3) is 5.52. The molecule has 0 aliphatic carbocycles. The Morgan fingerprint density at radius 2 is 2.12 bits per heavy atom. The van der Waals surface area contributed by atoms with Crippen LogP contribution in [0.25, 0.3) is 6.08 Å². The summed E-state index contributed by atoms with van der Waals surface area (Å²) >= 11 is 1.49. The van der Waals surface area contributed by atoms with Gasteiger partial charge in [0.2, 0.25) is 0 Å². The van der Waals surface area contributed by atoms with E-state index in [1.165, 1.54) is 25.9 Å². The number of amides is 2. The monoisotopic (exact) mass is 470 g/mol. The first kappa shape index (κ1) is 24.3. The third-order valence-electron chi connectivity index (χ3n) is 5.30. The Morgan fingerprint density at radius 1 is 1.30 bits per heavy atom. The standard InChI is InChI=1S/C23H26N4O5S/c1-24-22(30)27-23(14-29,13-25-10-15-4-5-18(31-2)8-16(15)11-28)17-9-19-20(32-12-17)6-7-21(26-19)33-3/h4-9,11,14,25H,10,12-13H2,1-3H3,(H2,24,27,30)/t23-/m1/s1. The minimum absolute atomic E-state index is 0.0704. The van der Waals surface area contributed by atoms with Crippen molar-refractivity contribution in [3.05, 3.63) is 52.7 Å². The molecule has 0 spiro atoms. The molecule has 3 rings (SSSR count). The number of pyridine rings is 1. The number of ether oxygens (including phenoxy) is 2. The number of rotatable bonds is 10. The Bertz CT molecular complexity index is 1070. The fourth-order valence-electron chi connectivity index (χ4n) is 3.42. The Kier molecular flexibility index (Phi) is 8.07. The summed E-state index contributed by atoms with van der Waals surface area (Å²) in [6, 6.07) is 8.35. The maximum atomic E-state index is 12.4. The second-order valence-corrected chi connectivity index (χ2v) is 8.10. The average Bonchev–Trinajstić information content (AvgIpc) is 2.87. The predicted octanol–water partition coefficient (Wildman–Crippen LogP) is 2.06. The fourth-order valence-corrected chi connectivity index (χ4v) is 3.81. The normalized spacial score (nSPS) is 14.1. The number of aromatic nitrogens is 1. The molecule has 9 nitrogen and oxygen atoms in total. The van der Waals surface area contributed by atoms with Gasteiger partial charge in [-0.1, -0.05) is 6.07 Å². The highest BCUT2D eigenvalue weighted by Gasteiger charge is 2.37. The van der Waals surface area contributed by atoms with Crippen LogP contribution in [0.3, 0.4) is 0 Å². The summed E-state index contributed by atoms with van der Waals surface area (Å²) < 4.78 is 11.0. The zero-order valence-electron chi connectivity index (χ0n) is 18.6. The second-order valence-electron chi connectivity index (χ2n) is 7.27. The van der Waals surface area contributed by atoms with Gasteiger partial charge in [0.05, 0.1) is 12.1 Å². The number of aldehydes is 2. The van der Waals surface area contributed by atoms with Gasteiger partial charge in [-0.05, 0) is 42.2 Å². The number of benzene rings is 1. The highest BCUT2D eigenvalue weighted by molar-refractivity contribution is 7.98. The average molecular weight is 471 g/mol. The molecule has 33 heavy (non-hydrogen) atoms. The van der Waals surface area contributed by atoms with Gasteiger partial charge < -0.3 is 30.2 Å². The molecule has 1 atom stereocenters. The van der Waals surface area contributed by atoms with Crippen LogP contribution in [0.1, 0.15) is 21.6 Å². The summed E-state index contributed by atoms with van der Waals surface area (Å²) in [7, 11) is 3.00. The molecule has 2 amide bonds. The van der Waals surface area contributed by atoms with E-state index in [1.807, 2.05) is 18.4 Å². The number of nitrogens with zero attached hydrogens (tertiary/aromatic N) is 1. The highest BCUT2D eigenvalue weighted by atomic mass is 32.2. The highest BCUT2D eigenvalue weighted by Crippen LogP contribution is 2.31. The van der Waals surface area contributed by atoms with Crippen molar-refractivity contribution in [3.8, 4) is 11.5 Å². The van der Waals surface area contributed by atoms with Crippen molar-refractivity contribution >= 4 is 36.4 Å². The Labute approximate surface area is 196 Å². The van der Waals surface area contributed by atoms with E-state index < -0.39 is 11.6 Å². The van der Waals surface area contributed by atoms with Gasteiger partial charge in [0.1, 0.15) is 29.3 Å². The molecule has 3 N–H and O–H groups in total. The van der Waals surface area contributed by atoms with Crippen molar-refractivity contribution in [3.63, 3.8) is 0 Å². The summed E-state index contributed by atoms with van der Waals surface area (Å²) in [4.78, 5) is 40.6. The van der Waals surface area contributed by atoms with Crippen molar-refractivity contribution in [1.82, 2.24) is 20.9 Å². The number of carbonyl (C=O) groups is 3. The largest absolute Gasteiger partial charge is 0.497 e. The van der Waals surface area contributed by atoms with Crippen LogP contribution in [0.5, 0.6) is 11.5 Å². The van der Waals surface area contributed by atoms with E-state index in [4.69, 9.17) is 9.47 Å². The number of urea groups is 1. The van der Waals surface area contributed by atoms with Gasteiger partial charge in [0.15, 0.2) is 12.6 Å². The predicted molar refractivity (Wildman–Crippen MR) is 126 cm³/mol. The van der Waals surface area contributed by atoms with Crippen LogP contribution in [0.4, 0.5) is 4.79 Å². The SMILES string of the molecule is CNC(=O)N[C@@](C=O)(CNCc1ccc(OC)cc1C=O)C1=Cc2nc(SC)ccc2OC1. The molecule has 0 saturated carbocycles. The van der Waals surface area contributed by atoms with E-state index in [0.29, 0.717) is 41.2 Å². The number of methoxy groups -OCH3 is 1. The quantitative estimate of drug-likeness (QED) is 0.357. The molecule has 0 radical (unpaired) electrons. The minimum atomic E-state index is -1.39. The summed E-state index contributed by atoms with van der Waals surface area (Å²) in [5.74, 6) is 1.18. The number of hydrogen-bond acceptors (Lipinski definition) is 8. The molecule has 10 heteroatoms. The summed E-state index contributed by atoms with van der Waals surface area (Å²) in [5.41, 5.74) is 0.961. The van der Waals surface area contributed by atoms with Crippen LogP contribution in [0.2, 0.25) is 0 Å². The van der Waals surface area contributed by atoms with Gasteiger partial charge in [-0.2, -0.15) is 0 Å². The molecule has 1 aromatic heterocycles. The van der Waals surface area contributed by atoms with E-state index >= 15 is 0 Å². The van der Waals surface area contributed by atoms with Crippen LogP contribution in [-0.2, 0) is 11.3 Å². The first-order valence-electron chi connectivity index (χ1n) is 10.2. The van der Waals surface area contributed by atoms with Gasteiger partial charge in [0.25, 0.3) is 0 Å². The molecule has 2 heterocycles. The Morgan fingerprint density at radius 3 is 2.79 bits per heavy atom. The van der Waals surface area contributed by atoms with Crippen LogP contribution in [0.15, 0.2) is 40.9 Å². The van der Waals surface area contributed by atoms with Crippen molar-refractivity contribution in [2.75, 3.05) is 33.6 Å². The van der Waals surface area contributed by atoms with Crippen molar-refractivity contribution in [2.24, 2.45) is 0 Å². The molecule has 0 fully saturated rings. The molecule has 1 aliphatic heterocycles. The first-order chi connectivity index (χ1) is 16.0. The van der Waals surface area contributed by atoms with Gasteiger partial charge >= 0.3 is 6.03 Å². The molecule has 0 saturated heterocycles. The second kappa shape index (κ2) is 11.0. The Hall–Kier alpha value is -3.37. The topological polar surface area (TPSA) is 119 Å². The van der Waals surface area contributed by atoms with E-state index in [0.717, 1.165) is 16.9 Å². The molecule has 2 aromatic rings.